The minimum Gasteiger partial charge on any atom is -0.349 e. The Bertz CT molecular complexity index is 1610. The molecule has 3 heterocycles. The Morgan fingerprint density at radius 3 is 2.22 bits per heavy atom. The molecule has 2 unspecified atom stereocenters. The summed E-state index contributed by atoms with van der Waals surface area (Å²) in [4.78, 5) is 57.1. The number of aryl methyl sites for hydroxylation is 1. The third kappa shape index (κ3) is 8.46. The largest absolute Gasteiger partial charge is 0.460 e. The molecule has 0 bridgehead atoms. The summed E-state index contributed by atoms with van der Waals surface area (Å²) in [5, 5.41) is 2.60. The summed E-state index contributed by atoms with van der Waals surface area (Å²) in [7, 11) is 0. The second-order valence-corrected chi connectivity index (χ2v) is 15.5. The summed E-state index contributed by atoms with van der Waals surface area (Å²) in [5.74, 6) is -4.92. The fourth-order valence-electron chi connectivity index (χ4n) is 7.19. The average molecular weight is 925 g/mol. The van der Waals surface area contributed by atoms with Crippen molar-refractivity contribution in [1.29, 1.82) is 0 Å². The monoisotopic (exact) mass is 924 g/mol. The van der Waals surface area contributed by atoms with Gasteiger partial charge in [-0.3, -0.25) is 24.1 Å². The number of carbonyl (C=O) groups excluding carboxylic acids is 4. The minimum absolute atomic E-state index is 0.102. The number of piperidine rings is 2. The number of carbonyl (C=O) groups is 4. The number of likely N-dealkylation sites (tertiary alicyclic amines) is 2. The van der Waals surface area contributed by atoms with Crippen LogP contribution >= 0.6 is 56.8 Å². The van der Waals surface area contributed by atoms with Gasteiger partial charge in [0.2, 0.25) is 9.70 Å². The highest BCUT2D eigenvalue weighted by Crippen LogP contribution is 2.44. The van der Waals surface area contributed by atoms with Gasteiger partial charge in [0.15, 0.2) is 0 Å². The van der Waals surface area contributed by atoms with Gasteiger partial charge in [-0.15, -0.1) is 0 Å². The molecule has 8 nitrogen and oxygen atoms in total. The number of halogens is 6. The molecule has 0 radical (unpaired) electrons. The predicted octanol–water partition coefficient (Wildman–Crippen LogP) is 6.94. The van der Waals surface area contributed by atoms with E-state index in [2.05, 4.69) is 37.7 Å². The molecule has 2 atom stereocenters. The van der Waals surface area contributed by atoms with Crippen molar-refractivity contribution < 1.29 is 32.3 Å². The zero-order valence-corrected chi connectivity index (χ0v) is 32.1. The summed E-state index contributed by atoms with van der Waals surface area (Å²) < 4.78 is 39.4. The molecule has 0 spiro atoms. The number of alkyl halides is 3. The lowest BCUT2D eigenvalue weighted by molar-refractivity contribution is -0.175. The first-order valence-electron chi connectivity index (χ1n) is 16.4. The van der Waals surface area contributed by atoms with Gasteiger partial charge in [-0.05, 0) is 111 Å². The van der Waals surface area contributed by atoms with Crippen LogP contribution in [-0.4, -0.2) is 81.7 Å². The van der Waals surface area contributed by atoms with Crippen molar-refractivity contribution in [2.45, 2.75) is 69.6 Å². The molecule has 2 fully saturated rings. The van der Waals surface area contributed by atoms with Crippen LogP contribution in [0, 0.1) is 16.4 Å². The number of anilines is 1. The van der Waals surface area contributed by atoms with Crippen molar-refractivity contribution in [3.63, 3.8) is 0 Å². The molecule has 2 aromatic rings. The van der Waals surface area contributed by atoms with Crippen LogP contribution < -0.4 is 10.2 Å². The fourth-order valence-corrected chi connectivity index (χ4v) is 9.02. The van der Waals surface area contributed by atoms with E-state index < -0.39 is 35.4 Å². The van der Waals surface area contributed by atoms with Crippen LogP contribution in [0.1, 0.15) is 56.1 Å². The number of rotatable bonds is 10. The number of Topliss-reactive ketones (excluding diaryl/α,β-unsaturated/α-hetero) is 1. The maximum Gasteiger partial charge on any atom is 0.460 e. The van der Waals surface area contributed by atoms with Crippen LogP contribution in [0.15, 0.2) is 48.5 Å². The smallest absolute Gasteiger partial charge is 0.349 e. The van der Waals surface area contributed by atoms with Crippen LogP contribution in [0.2, 0.25) is 5.02 Å². The molecule has 264 valence electrons. The lowest BCUT2D eigenvalue weighted by atomic mass is 9.84. The van der Waals surface area contributed by atoms with Gasteiger partial charge in [0.1, 0.15) is 0 Å². The first-order valence-corrected chi connectivity index (χ1v) is 18.9. The molecular formula is C35H38ClF3I2N4O4. The Kier molecular flexibility index (Phi) is 12.4. The van der Waals surface area contributed by atoms with Crippen molar-refractivity contribution >= 4 is 89.6 Å². The molecule has 0 aromatic heterocycles. The highest BCUT2D eigenvalue weighted by Gasteiger charge is 2.48. The summed E-state index contributed by atoms with van der Waals surface area (Å²) in [6.07, 6.45) is 1.50. The van der Waals surface area contributed by atoms with Crippen LogP contribution in [0.4, 0.5) is 18.9 Å². The zero-order valence-electron chi connectivity index (χ0n) is 27.0. The van der Waals surface area contributed by atoms with Crippen LogP contribution in [-0.2, 0) is 19.2 Å². The Morgan fingerprint density at radius 2 is 1.63 bits per heavy atom. The summed E-state index contributed by atoms with van der Waals surface area (Å²) >= 11 is 10.9. The standard InChI is InChI=1S/C35H38ClF3I2N4O4/c1-22-7-10-24(11-8-22)45-28(6-5-15-42-31(47)30(46)35(37,38)39)26(21-29(45)25-12-9-23(40)20-27(25)36)32(48)43-18-13-34(14-19-43,33(41)49)44-16-3-2-4-17-44/h7-12,20-21,26,28H,2-6,13-19H2,1H3,(H,42,47). The molecule has 5 rings (SSSR count). The Balaban J connectivity index is 1.44. The van der Waals surface area contributed by atoms with E-state index in [0.29, 0.717) is 37.4 Å². The summed E-state index contributed by atoms with van der Waals surface area (Å²) in [6.45, 7) is 4.36. The zero-order chi connectivity index (χ0) is 35.5. The van der Waals surface area contributed by atoms with Crippen molar-refractivity contribution in [2.24, 2.45) is 5.92 Å². The molecule has 14 heteroatoms. The van der Waals surface area contributed by atoms with Crippen LogP contribution in [0.25, 0.3) is 5.70 Å². The van der Waals surface area contributed by atoms with E-state index in [-0.39, 0.29) is 22.7 Å². The number of ketones is 1. The van der Waals surface area contributed by atoms with Gasteiger partial charge in [0, 0.05) is 68.8 Å². The predicted molar refractivity (Wildman–Crippen MR) is 199 cm³/mol. The molecule has 2 aromatic carbocycles. The fraction of sp³-hybridized carbons (Fsp3) is 0.486. The molecule has 2 amide bonds. The number of hydrogen-bond acceptors (Lipinski definition) is 6. The van der Waals surface area contributed by atoms with Gasteiger partial charge in [0.05, 0.1) is 16.5 Å². The third-order valence-electron chi connectivity index (χ3n) is 9.80. The Hall–Kier alpha value is -2.24. The summed E-state index contributed by atoms with van der Waals surface area (Å²) in [5.41, 5.74) is 2.71. The molecule has 0 aliphatic carbocycles. The van der Waals surface area contributed by atoms with Gasteiger partial charge in [0.25, 0.3) is 5.91 Å². The van der Waals surface area contributed by atoms with Crippen molar-refractivity contribution in [1.82, 2.24) is 15.1 Å². The van der Waals surface area contributed by atoms with E-state index in [1.54, 1.807) is 0 Å². The lowest BCUT2D eigenvalue weighted by Crippen LogP contribution is -2.61. The second-order valence-electron chi connectivity index (χ2n) is 12.9. The second kappa shape index (κ2) is 16.0. The van der Waals surface area contributed by atoms with Crippen molar-refractivity contribution in [3.8, 4) is 0 Å². The molecule has 3 aliphatic rings. The highest BCUT2D eigenvalue weighted by molar-refractivity contribution is 14.1. The van der Waals surface area contributed by atoms with Crippen molar-refractivity contribution in [2.75, 3.05) is 37.6 Å². The maximum atomic E-state index is 14.5. The maximum absolute atomic E-state index is 14.5. The first kappa shape index (κ1) is 38.0. The number of nitrogens with one attached hydrogen (secondary N) is 1. The first-order chi connectivity index (χ1) is 23.2. The quantitative estimate of drug-likeness (QED) is 0.120. The van der Waals surface area contributed by atoms with Gasteiger partial charge >= 0.3 is 12.0 Å². The van der Waals surface area contributed by atoms with Crippen LogP contribution in [0.3, 0.4) is 0 Å². The molecule has 1 N–H and O–H groups in total. The van der Waals surface area contributed by atoms with Gasteiger partial charge in [-0.25, -0.2) is 0 Å². The molecule has 0 saturated carbocycles. The van der Waals surface area contributed by atoms with E-state index in [1.807, 2.05) is 83.0 Å². The molecule has 2 saturated heterocycles. The number of nitrogens with zero attached hydrogens (tertiary/aromatic N) is 3. The van der Waals surface area contributed by atoms with E-state index in [1.165, 1.54) is 0 Å². The minimum atomic E-state index is -5.26. The van der Waals surface area contributed by atoms with Crippen molar-refractivity contribution in [3.05, 3.63) is 68.3 Å². The number of hydrogen-bond donors (Lipinski definition) is 1. The molecular weight excluding hydrogens is 887 g/mol. The Morgan fingerprint density at radius 1 is 0.980 bits per heavy atom. The summed E-state index contributed by atoms with van der Waals surface area (Å²) in [6, 6.07) is 13.0. The van der Waals surface area contributed by atoms with Crippen LogP contribution in [0.5, 0.6) is 0 Å². The normalized spacial score (nSPS) is 21.3. The molecule has 49 heavy (non-hydrogen) atoms. The number of amides is 2. The van der Waals surface area contributed by atoms with E-state index in [0.717, 1.165) is 58.4 Å². The third-order valence-corrected chi connectivity index (χ3v) is 11.8. The van der Waals surface area contributed by atoms with Gasteiger partial charge in [-0.1, -0.05) is 41.8 Å². The number of benzene rings is 2. The Labute approximate surface area is 316 Å². The average Bonchev–Trinajstić information content (AvgIpc) is 3.45. The molecule has 3 aliphatic heterocycles. The van der Waals surface area contributed by atoms with E-state index in [4.69, 9.17) is 11.6 Å². The lowest BCUT2D eigenvalue weighted by Gasteiger charge is -2.48. The SMILES string of the molecule is Cc1ccc(N2C(c3ccc(I)cc3Cl)=CC(C(=O)N3CCC(C(=O)I)(N4CCCCC4)CC3)C2CCCNC(=O)C(=O)C(F)(F)F)cc1. The van der Waals surface area contributed by atoms with E-state index in [9.17, 15) is 32.3 Å². The van der Waals surface area contributed by atoms with E-state index >= 15 is 0 Å². The van der Waals surface area contributed by atoms with Gasteiger partial charge < -0.3 is 15.1 Å². The topological polar surface area (TPSA) is 90.0 Å². The highest BCUT2D eigenvalue weighted by atomic mass is 127. The van der Waals surface area contributed by atoms with Gasteiger partial charge in [-0.2, -0.15) is 13.2 Å².